The number of alkyl halides is 3. The number of hydrogen-bond acceptors (Lipinski definition) is 2. The van der Waals surface area contributed by atoms with Crippen molar-refractivity contribution in [3.8, 4) is 0 Å². The first-order valence-electron chi connectivity index (χ1n) is 3.71. The molecular formula is C7H6F3N2OS. The van der Waals surface area contributed by atoms with Gasteiger partial charge in [-0.1, -0.05) is 18.7 Å². The molecule has 0 saturated heterocycles. The molecule has 0 saturated carbocycles. The molecule has 0 fully saturated rings. The minimum Gasteiger partial charge on any atom is -0.262 e. The van der Waals surface area contributed by atoms with E-state index in [0.717, 1.165) is 16.7 Å². The molecule has 3 nitrogen and oxygen atoms in total. The summed E-state index contributed by atoms with van der Waals surface area (Å²) in [6.07, 6.45) is -2.85. The number of amidine groups is 1. The Morgan fingerprint density at radius 2 is 2.29 bits per heavy atom. The summed E-state index contributed by atoms with van der Waals surface area (Å²) < 4.78 is 35.3. The van der Waals surface area contributed by atoms with Gasteiger partial charge in [-0.2, -0.15) is 18.2 Å². The Morgan fingerprint density at radius 1 is 1.64 bits per heavy atom. The van der Waals surface area contributed by atoms with Crippen LogP contribution in [0.3, 0.4) is 0 Å². The zero-order chi connectivity index (χ0) is 10.8. The van der Waals surface area contributed by atoms with E-state index in [-0.39, 0.29) is 5.17 Å². The molecule has 1 aliphatic rings. The number of carbonyl (C=O) groups excluding carboxylic acids is 1. The van der Waals surface area contributed by atoms with E-state index >= 15 is 0 Å². The molecule has 77 valence electrons. The molecule has 0 aromatic carbocycles. The van der Waals surface area contributed by atoms with E-state index in [1.54, 1.807) is 0 Å². The highest BCUT2D eigenvalue weighted by atomic mass is 32.2. The summed E-state index contributed by atoms with van der Waals surface area (Å²) in [6.45, 7) is 1.84. The average molecular weight is 223 g/mol. The van der Waals surface area contributed by atoms with Gasteiger partial charge in [0.2, 0.25) is 0 Å². The molecule has 0 N–H and O–H groups in total. The summed E-state index contributed by atoms with van der Waals surface area (Å²) in [7, 11) is 0. The van der Waals surface area contributed by atoms with Crippen molar-refractivity contribution in [1.82, 2.24) is 5.32 Å². The lowest BCUT2D eigenvalue weighted by molar-refractivity contribution is -0.169. The van der Waals surface area contributed by atoms with E-state index in [0.29, 0.717) is 6.42 Å². The lowest BCUT2D eigenvalue weighted by atomic mass is 10.5. The summed E-state index contributed by atoms with van der Waals surface area (Å²) >= 11 is 0.979. The van der Waals surface area contributed by atoms with Crippen molar-refractivity contribution in [2.24, 2.45) is 4.99 Å². The predicted molar refractivity (Wildman–Crippen MR) is 46.6 cm³/mol. The van der Waals surface area contributed by atoms with Crippen molar-refractivity contribution in [1.29, 1.82) is 0 Å². The predicted octanol–water partition coefficient (Wildman–Crippen LogP) is 2.03. The van der Waals surface area contributed by atoms with E-state index in [9.17, 15) is 18.0 Å². The fourth-order valence-electron chi connectivity index (χ4n) is 0.663. The van der Waals surface area contributed by atoms with Gasteiger partial charge < -0.3 is 0 Å². The number of amides is 1. The van der Waals surface area contributed by atoms with Crippen LogP contribution in [-0.4, -0.2) is 17.3 Å². The Bertz CT molecular complexity index is 309. The van der Waals surface area contributed by atoms with Gasteiger partial charge in [0.25, 0.3) is 0 Å². The molecule has 1 rings (SSSR count). The van der Waals surface area contributed by atoms with Gasteiger partial charge in [-0.15, -0.1) is 0 Å². The molecule has 0 unspecified atom stereocenters. The van der Waals surface area contributed by atoms with Crippen LogP contribution < -0.4 is 5.32 Å². The summed E-state index contributed by atoms with van der Waals surface area (Å²) in [5.74, 6) is -2.12. The van der Waals surface area contributed by atoms with E-state index in [1.165, 1.54) is 6.20 Å². The number of carbonyl (C=O) groups is 1. The lowest BCUT2D eigenvalue weighted by Gasteiger charge is -1.99. The first kappa shape index (κ1) is 11.1. The maximum atomic E-state index is 11.8. The van der Waals surface area contributed by atoms with Crippen LogP contribution in [0.5, 0.6) is 0 Å². The second-order valence-electron chi connectivity index (χ2n) is 2.38. The van der Waals surface area contributed by atoms with Gasteiger partial charge >= 0.3 is 12.1 Å². The number of allylic oxidation sites excluding steroid dienone is 1. The first-order valence-corrected chi connectivity index (χ1v) is 4.52. The van der Waals surface area contributed by atoms with E-state index < -0.39 is 12.1 Å². The smallest absolute Gasteiger partial charge is 0.262 e. The Labute approximate surface area is 82.5 Å². The highest BCUT2D eigenvalue weighted by molar-refractivity contribution is 8.17. The van der Waals surface area contributed by atoms with Gasteiger partial charge in [0, 0.05) is 11.1 Å². The summed E-state index contributed by atoms with van der Waals surface area (Å²) in [5, 5.41) is 3.42. The summed E-state index contributed by atoms with van der Waals surface area (Å²) in [5.41, 5.74) is 0. The van der Waals surface area contributed by atoms with Gasteiger partial charge in [-0.3, -0.25) is 4.79 Å². The second-order valence-corrected chi connectivity index (χ2v) is 3.47. The maximum absolute atomic E-state index is 11.8. The van der Waals surface area contributed by atoms with E-state index in [2.05, 4.69) is 10.3 Å². The lowest BCUT2D eigenvalue weighted by Crippen LogP contribution is -2.22. The molecule has 1 amide bonds. The third-order valence-electron chi connectivity index (χ3n) is 1.33. The Kier molecular flexibility index (Phi) is 3.20. The summed E-state index contributed by atoms with van der Waals surface area (Å²) in [6, 6.07) is 0. The van der Waals surface area contributed by atoms with Crippen LogP contribution in [0, 0.1) is 0 Å². The van der Waals surface area contributed by atoms with Crippen molar-refractivity contribution >= 4 is 22.8 Å². The molecule has 0 bridgehead atoms. The Morgan fingerprint density at radius 3 is 2.71 bits per heavy atom. The molecule has 0 aliphatic carbocycles. The number of hydrogen-bond donors (Lipinski definition) is 0. The highest BCUT2D eigenvalue weighted by Gasteiger charge is 2.39. The van der Waals surface area contributed by atoms with Gasteiger partial charge in [-0.05, 0) is 6.42 Å². The van der Waals surface area contributed by atoms with Crippen LogP contribution >= 0.6 is 11.8 Å². The molecular weight excluding hydrogens is 217 g/mol. The zero-order valence-corrected chi connectivity index (χ0v) is 7.95. The minimum absolute atomic E-state index is 0.149. The first-order chi connectivity index (χ1) is 6.43. The Hall–Kier alpha value is -0.980. The van der Waals surface area contributed by atoms with Crippen LogP contribution in [0.15, 0.2) is 16.1 Å². The van der Waals surface area contributed by atoms with Crippen molar-refractivity contribution < 1.29 is 18.0 Å². The number of halogens is 3. The summed E-state index contributed by atoms with van der Waals surface area (Å²) in [4.78, 5) is 14.0. The zero-order valence-electron chi connectivity index (χ0n) is 7.13. The Balaban J connectivity index is 2.62. The molecule has 7 heteroatoms. The molecule has 1 heterocycles. The second kappa shape index (κ2) is 4.04. The van der Waals surface area contributed by atoms with Gasteiger partial charge in [0.1, 0.15) is 0 Å². The molecule has 1 aliphatic heterocycles. The van der Waals surface area contributed by atoms with Crippen LogP contribution in [0.25, 0.3) is 0 Å². The molecule has 0 spiro atoms. The third kappa shape index (κ3) is 2.76. The van der Waals surface area contributed by atoms with Crippen LogP contribution in [-0.2, 0) is 4.79 Å². The van der Waals surface area contributed by atoms with Crippen molar-refractivity contribution in [2.75, 3.05) is 0 Å². The molecule has 1 radical (unpaired) electrons. The third-order valence-corrected chi connectivity index (χ3v) is 2.37. The van der Waals surface area contributed by atoms with Gasteiger partial charge in [-0.25, -0.2) is 5.32 Å². The number of aliphatic imine (C=N–C) groups is 1. The maximum Gasteiger partial charge on any atom is 0.473 e. The van der Waals surface area contributed by atoms with Crippen molar-refractivity contribution in [3.63, 3.8) is 0 Å². The quantitative estimate of drug-likeness (QED) is 0.682. The number of thioether (sulfide) groups is 1. The van der Waals surface area contributed by atoms with Crippen molar-refractivity contribution in [3.05, 3.63) is 11.1 Å². The normalized spacial score (nSPS) is 19.4. The van der Waals surface area contributed by atoms with Crippen LogP contribution in [0.4, 0.5) is 13.2 Å². The number of nitrogens with zero attached hydrogens (tertiary/aromatic N) is 2. The standard InChI is InChI=1S/C7H6F3N2OS/c1-2-4-3-11-6(14-4)12-5(13)7(8,9)10/h3H,2H2,1H3. The molecule has 14 heavy (non-hydrogen) atoms. The average Bonchev–Trinajstić information content (AvgIpc) is 2.50. The van der Waals surface area contributed by atoms with Gasteiger partial charge in [0.15, 0.2) is 5.17 Å². The van der Waals surface area contributed by atoms with E-state index in [4.69, 9.17) is 0 Å². The van der Waals surface area contributed by atoms with Crippen LogP contribution in [0.2, 0.25) is 0 Å². The topological polar surface area (TPSA) is 43.5 Å². The molecule has 0 atom stereocenters. The van der Waals surface area contributed by atoms with Crippen LogP contribution in [0.1, 0.15) is 13.3 Å². The van der Waals surface area contributed by atoms with Crippen molar-refractivity contribution in [2.45, 2.75) is 19.5 Å². The number of rotatable bonds is 1. The minimum atomic E-state index is -4.92. The highest BCUT2D eigenvalue weighted by Crippen LogP contribution is 2.26. The largest absolute Gasteiger partial charge is 0.473 e. The monoisotopic (exact) mass is 223 g/mol. The van der Waals surface area contributed by atoms with Gasteiger partial charge in [0.05, 0.1) is 0 Å². The molecule has 0 aromatic heterocycles. The SMILES string of the molecule is CCC1=C[N]C(=NC(=O)C(F)(F)F)S1. The fraction of sp³-hybridized carbons (Fsp3) is 0.429. The van der Waals surface area contributed by atoms with E-state index in [1.807, 2.05) is 6.92 Å². The fourth-order valence-corrected chi connectivity index (χ4v) is 1.38. The molecule has 0 aromatic rings.